The van der Waals surface area contributed by atoms with Crippen molar-refractivity contribution in [3.63, 3.8) is 0 Å². The van der Waals surface area contributed by atoms with Crippen molar-refractivity contribution in [2.75, 3.05) is 10.6 Å². The van der Waals surface area contributed by atoms with Crippen LogP contribution >= 0.6 is 0 Å². The maximum Gasteiger partial charge on any atom is 0.307 e. The van der Waals surface area contributed by atoms with Gasteiger partial charge in [-0.05, 0) is 50.3 Å². The Balaban J connectivity index is 1.72. The van der Waals surface area contributed by atoms with E-state index < -0.39 is 17.8 Å². The minimum Gasteiger partial charge on any atom is -0.481 e. The van der Waals surface area contributed by atoms with Gasteiger partial charge >= 0.3 is 5.97 Å². The van der Waals surface area contributed by atoms with E-state index in [4.69, 9.17) is 0 Å². The van der Waals surface area contributed by atoms with Crippen molar-refractivity contribution in [3.05, 3.63) is 23.8 Å². The van der Waals surface area contributed by atoms with Gasteiger partial charge in [0.15, 0.2) is 0 Å². The largest absolute Gasteiger partial charge is 0.481 e. The number of carboxylic acid groups (broad SMARTS) is 1. The van der Waals surface area contributed by atoms with E-state index in [-0.39, 0.29) is 17.7 Å². The first-order chi connectivity index (χ1) is 12.0. The van der Waals surface area contributed by atoms with Crippen LogP contribution in [-0.4, -0.2) is 22.9 Å². The zero-order valence-corrected chi connectivity index (χ0v) is 14.4. The Hall–Kier alpha value is -2.37. The lowest BCUT2D eigenvalue weighted by Gasteiger charge is -2.27. The van der Waals surface area contributed by atoms with Gasteiger partial charge in [0.1, 0.15) is 0 Å². The third kappa shape index (κ3) is 4.00. The molecule has 2 aliphatic rings. The van der Waals surface area contributed by atoms with Crippen molar-refractivity contribution in [2.45, 2.75) is 45.4 Å². The number of carbonyl (C=O) groups excluding carboxylic acids is 2. The third-order valence-corrected chi connectivity index (χ3v) is 5.22. The number of nitrogens with one attached hydrogen (secondary N) is 2. The van der Waals surface area contributed by atoms with E-state index in [1.807, 2.05) is 13.0 Å². The van der Waals surface area contributed by atoms with Gasteiger partial charge in [-0.15, -0.1) is 0 Å². The molecule has 2 saturated carbocycles. The Morgan fingerprint density at radius 3 is 2.04 bits per heavy atom. The third-order valence-electron chi connectivity index (χ3n) is 5.22. The fourth-order valence-electron chi connectivity index (χ4n) is 3.45. The molecule has 0 saturated heterocycles. The average Bonchev–Trinajstić information content (AvgIpc) is 3.43. The number of hydrogen-bond acceptors (Lipinski definition) is 3. The van der Waals surface area contributed by atoms with E-state index in [1.165, 1.54) is 0 Å². The summed E-state index contributed by atoms with van der Waals surface area (Å²) in [4.78, 5) is 36.0. The smallest absolute Gasteiger partial charge is 0.307 e. The van der Waals surface area contributed by atoms with Crippen LogP contribution in [-0.2, 0) is 14.4 Å². The second-order valence-corrected chi connectivity index (χ2v) is 7.07. The Kier molecular flexibility index (Phi) is 5.06. The zero-order valence-electron chi connectivity index (χ0n) is 14.4. The quantitative estimate of drug-likeness (QED) is 0.764. The van der Waals surface area contributed by atoms with Crippen LogP contribution in [0.2, 0.25) is 0 Å². The van der Waals surface area contributed by atoms with Crippen LogP contribution < -0.4 is 10.6 Å². The Morgan fingerprint density at radius 1 is 0.920 bits per heavy atom. The lowest BCUT2D eigenvalue weighted by atomic mass is 9.78. The molecule has 1 aromatic rings. The van der Waals surface area contributed by atoms with Crippen LogP contribution in [0.25, 0.3) is 0 Å². The molecule has 25 heavy (non-hydrogen) atoms. The molecule has 0 radical (unpaired) electrons. The zero-order chi connectivity index (χ0) is 18.0. The number of carboxylic acids is 1. The van der Waals surface area contributed by atoms with Crippen molar-refractivity contribution >= 4 is 29.2 Å². The fraction of sp³-hybridized carbons (Fsp3) is 0.526. The first kappa shape index (κ1) is 17.5. The number of amides is 2. The molecule has 2 aliphatic carbocycles. The summed E-state index contributed by atoms with van der Waals surface area (Å²) in [6, 6.07) is 5.37. The van der Waals surface area contributed by atoms with Crippen molar-refractivity contribution in [1.29, 1.82) is 0 Å². The first-order valence-corrected chi connectivity index (χ1v) is 8.91. The monoisotopic (exact) mass is 344 g/mol. The molecular weight excluding hydrogens is 320 g/mol. The predicted octanol–water partition coefficient (Wildman–Crippen LogP) is 3.17. The van der Waals surface area contributed by atoms with Crippen LogP contribution in [0.4, 0.5) is 11.4 Å². The number of carbonyl (C=O) groups is 3. The molecule has 0 spiro atoms. The maximum absolute atomic E-state index is 12.6. The number of rotatable bonds is 5. The number of anilines is 2. The number of aliphatic carboxylic acids is 1. The van der Waals surface area contributed by atoms with Gasteiger partial charge in [0.2, 0.25) is 11.8 Å². The molecule has 0 aromatic heterocycles. The molecular formula is C19H24N2O4. The minimum atomic E-state index is -0.901. The molecule has 134 valence electrons. The fourth-order valence-corrected chi connectivity index (χ4v) is 3.45. The highest BCUT2D eigenvalue weighted by Crippen LogP contribution is 2.33. The van der Waals surface area contributed by atoms with Crippen LogP contribution in [0.3, 0.4) is 0 Å². The molecule has 3 N–H and O–H groups in total. The maximum atomic E-state index is 12.6. The molecule has 2 fully saturated rings. The highest BCUT2D eigenvalue weighted by atomic mass is 16.4. The summed E-state index contributed by atoms with van der Waals surface area (Å²) >= 11 is 0. The Labute approximate surface area is 147 Å². The normalized spacial score (nSPS) is 22.9. The highest BCUT2D eigenvalue weighted by Gasteiger charge is 2.36. The molecule has 2 atom stereocenters. The van der Waals surface area contributed by atoms with Crippen LogP contribution in [0.5, 0.6) is 0 Å². The van der Waals surface area contributed by atoms with Crippen molar-refractivity contribution in [2.24, 2.45) is 17.8 Å². The van der Waals surface area contributed by atoms with E-state index in [9.17, 15) is 19.5 Å². The van der Waals surface area contributed by atoms with Crippen molar-refractivity contribution < 1.29 is 19.5 Å². The first-order valence-electron chi connectivity index (χ1n) is 8.91. The molecule has 3 rings (SSSR count). The topological polar surface area (TPSA) is 95.5 Å². The van der Waals surface area contributed by atoms with Gasteiger partial charge in [0.25, 0.3) is 0 Å². The molecule has 1 aromatic carbocycles. The summed E-state index contributed by atoms with van der Waals surface area (Å²) < 4.78 is 0. The molecule has 6 heteroatoms. The van der Waals surface area contributed by atoms with E-state index in [0.717, 1.165) is 31.2 Å². The predicted molar refractivity (Wildman–Crippen MR) is 94.2 cm³/mol. The summed E-state index contributed by atoms with van der Waals surface area (Å²) in [5.74, 6) is -2.15. The second-order valence-electron chi connectivity index (χ2n) is 7.07. The van der Waals surface area contributed by atoms with E-state index in [0.29, 0.717) is 24.2 Å². The summed E-state index contributed by atoms with van der Waals surface area (Å²) in [5.41, 5.74) is 2.09. The molecule has 0 heterocycles. The summed E-state index contributed by atoms with van der Waals surface area (Å²) in [5, 5.41) is 15.1. The lowest BCUT2D eigenvalue weighted by molar-refractivity contribution is -0.147. The average molecular weight is 344 g/mol. The van der Waals surface area contributed by atoms with Gasteiger partial charge < -0.3 is 15.7 Å². The number of hydrogen-bond donors (Lipinski definition) is 3. The van der Waals surface area contributed by atoms with Gasteiger partial charge in [-0.25, -0.2) is 0 Å². The van der Waals surface area contributed by atoms with E-state index in [1.54, 1.807) is 12.1 Å². The van der Waals surface area contributed by atoms with Gasteiger partial charge in [0.05, 0.1) is 11.8 Å². The summed E-state index contributed by atoms with van der Waals surface area (Å²) in [7, 11) is 0. The summed E-state index contributed by atoms with van der Waals surface area (Å²) in [6.45, 7) is 1.84. The van der Waals surface area contributed by atoms with E-state index >= 15 is 0 Å². The van der Waals surface area contributed by atoms with Crippen molar-refractivity contribution in [1.82, 2.24) is 0 Å². The van der Waals surface area contributed by atoms with Crippen LogP contribution in [0.15, 0.2) is 18.2 Å². The summed E-state index contributed by atoms with van der Waals surface area (Å²) in [6.07, 6.45) is 4.73. The molecule has 2 unspecified atom stereocenters. The van der Waals surface area contributed by atoms with Gasteiger partial charge in [-0.1, -0.05) is 18.9 Å². The molecule has 2 amide bonds. The molecule has 0 bridgehead atoms. The minimum absolute atomic E-state index is 0.0183. The van der Waals surface area contributed by atoms with E-state index in [2.05, 4.69) is 10.6 Å². The van der Waals surface area contributed by atoms with Crippen LogP contribution in [0, 0.1) is 24.7 Å². The van der Waals surface area contributed by atoms with Gasteiger partial charge in [-0.3, -0.25) is 14.4 Å². The molecule has 6 nitrogen and oxygen atoms in total. The lowest BCUT2D eigenvalue weighted by Crippen LogP contribution is -2.36. The Morgan fingerprint density at radius 2 is 1.48 bits per heavy atom. The number of benzene rings is 1. The Bertz CT molecular complexity index is 697. The second kappa shape index (κ2) is 7.25. The standard InChI is InChI=1S/C19H24N2O4/c1-11-15(20-17(22)12-9-10-12)7-4-8-16(11)21-18(23)13-5-2-3-6-14(13)19(24)25/h4,7-8,12-14H,2-3,5-6,9-10H2,1H3,(H,20,22)(H,21,23)(H,24,25). The van der Waals surface area contributed by atoms with Crippen LogP contribution in [0.1, 0.15) is 44.1 Å². The molecule has 0 aliphatic heterocycles. The van der Waals surface area contributed by atoms with Gasteiger partial charge in [0, 0.05) is 17.3 Å². The van der Waals surface area contributed by atoms with Gasteiger partial charge in [-0.2, -0.15) is 0 Å². The highest BCUT2D eigenvalue weighted by molar-refractivity contribution is 5.99. The SMILES string of the molecule is Cc1c(NC(=O)C2CC2)cccc1NC(=O)C1CCCCC1C(=O)O. The van der Waals surface area contributed by atoms with Crippen molar-refractivity contribution in [3.8, 4) is 0 Å².